The van der Waals surface area contributed by atoms with Gasteiger partial charge in [-0.15, -0.1) is 12.4 Å². The molecule has 4 N–H and O–H groups in total. The largest absolute Gasteiger partial charge is 0.328 e. The molecule has 4 nitrogen and oxygen atoms in total. The number of amidine groups is 1. The van der Waals surface area contributed by atoms with Crippen molar-refractivity contribution in [3.05, 3.63) is 12.2 Å². The molecule has 1 aliphatic rings. The van der Waals surface area contributed by atoms with E-state index in [2.05, 4.69) is 22.6 Å². The van der Waals surface area contributed by atoms with Crippen LogP contribution in [0.5, 0.6) is 0 Å². The summed E-state index contributed by atoms with van der Waals surface area (Å²) in [5.74, 6) is 0.725. The van der Waals surface area contributed by atoms with Crippen LogP contribution in [0.25, 0.3) is 0 Å². The van der Waals surface area contributed by atoms with Crippen LogP contribution in [0.1, 0.15) is 45.4 Å². The molecule has 0 radical (unpaired) electrons. The molecular formula is C12H24ClN3O. The van der Waals surface area contributed by atoms with Gasteiger partial charge in [-0.1, -0.05) is 18.6 Å². The third-order valence-corrected chi connectivity index (χ3v) is 2.75. The Labute approximate surface area is 110 Å². The molecular weight excluding hydrogens is 238 g/mol. The SMILES string of the molecule is CC(N)C/C=C\CC1CCCCC(NO)=N1.Cl. The first kappa shape index (κ1) is 16.4. The van der Waals surface area contributed by atoms with Crippen molar-refractivity contribution in [2.75, 3.05) is 0 Å². The molecule has 2 unspecified atom stereocenters. The second-order valence-electron chi connectivity index (χ2n) is 4.51. The number of aliphatic imine (C=N–C) groups is 1. The Bertz CT molecular complexity index is 254. The fourth-order valence-electron chi connectivity index (χ4n) is 1.84. The lowest BCUT2D eigenvalue weighted by atomic mass is 10.1. The van der Waals surface area contributed by atoms with Crippen molar-refractivity contribution in [2.24, 2.45) is 10.7 Å². The number of nitrogens with one attached hydrogen (secondary N) is 1. The molecule has 2 atom stereocenters. The number of hydrogen-bond donors (Lipinski definition) is 3. The molecule has 0 spiro atoms. The maximum atomic E-state index is 8.86. The molecule has 0 aromatic carbocycles. The summed E-state index contributed by atoms with van der Waals surface area (Å²) in [4.78, 5) is 4.48. The van der Waals surface area contributed by atoms with Gasteiger partial charge in [0.05, 0.1) is 6.04 Å². The second kappa shape index (κ2) is 9.45. The Morgan fingerprint density at radius 3 is 2.94 bits per heavy atom. The van der Waals surface area contributed by atoms with Crippen LogP contribution in [-0.2, 0) is 0 Å². The summed E-state index contributed by atoms with van der Waals surface area (Å²) in [6, 6.07) is 0.532. The fraction of sp³-hybridized carbons (Fsp3) is 0.750. The van der Waals surface area contributed by atoms with E-state index in [1.807, 2.05) is 6.92 Å². The maximum Gasteiger partial charge on any atom is 0.120 e. The first-order valence-electron chi connectivity index (χ1n) is 6.09. The highest BCUT2D eigenvalue weighted by Gasteiger charge is 2.11. The van der Waals surface area contributed by atoms with E-state index in [4.69, 9.17) is 10.9 Å². The maximum absolute atomic E-state index is 8.86. The van der Waals surface area contributed by atoms with Gasteiger partial charge in [0.25, 0.3) is 0 Å². The minimum atomic E-state index is 0. The van der Waals surface area contributed by atoms with Crippen molar-refractivity contribution < 1.29 is 5.21 Å². The van der Waals surface area contributed by atoms with Gasteiger partial charge in [0.15, 0.2) is 0 Å². The van der Waals surface area contributed by atoms with E-state index in [0.717, 1.165) is 37.9 Å². The normalized spacial score (nSPS) is 22.5. The summed E-state index contributed by atoms with van der Waals surface area (Å²) in [6.45, 7) is 2.00. The van der Waals surface area contributed by atoms with Crippen LogP contribution in [0, 0.1) is 0 Å². The highest BCUT2D eigenvalue weighted by Crippen LogP contribution is 2.16. The summed E-state index contributed by atoms with van der Waals surface area (Å²) in [6.07, 6.45) is 10.4. The van der Waals surface area contributed by atoms with E-state index < -0.39 is 0 Å². The predicted molar refractivity (Wildman–Crippen MR) is 73.9 cm³/mol. The number of hydroxylamine groups is 1. The van der Waals surface area contributed by atoms with Gasteiger partial charge in [0, 0.05) is 12.5 Å². The van der Waals surface area contributed by atoms with E-state index in [1.165, 1.54) is 6.42 Å². The molecule has 100 valence electrons. The van der Waals surface area contributed by atoms with Crippen molar-refractivity contribution in [3.63, 3.8) is 0 Å². The molecule has 1 aliphatic heterocycles. The van der Waals surface area contributed by atoms with E-state index in [0.29, 0.717) is 6.04 Å². The van der Waals surface area contributed by atoms with Crippen LogP contribution < -0.4 is 11.2 Å². The van der Waals surface area contributed by atoms with Crippen LogP contribution in [0.3, 0.4) is 0 Å². The Morgan fingerprint density at radius 1 is 1.53 bits per heavy atom. The number of halogens is 1. The van der Waals surface area contributed by atoms with Gasteiger partial charge in [-0.05, 0) is 32.6 Å². The highest BCUT2D eigenvalue weighted by molar-refractivity contribution is 5.85. The van der Waals surface area contributed by atoms with Crippen molar-refractivity contribution in [1.82, 2.24) is 5.48 Å². The third-order valence-electron chi connectivity index (χ3n) is 2.75. The van der Waals surface area contributed by atoms with E-state index in [1.54, 1.807) is 0 Å². The van der Waals surface area contributed by atoms with Crippen molar-refractivity contribution in [1.29, 1.82) is 0 Å². The van der Waals surface area contributed by atoms with Crippen molar-refractivity contribution in [2.45, 2.75) is 57.5 Å². The average Bonchev–Trinajstić information content (AvgIpc) is 2.49. The molecule has 0 amide bonds. The fourth-order valence-corrected chi connectivity index (χ4v) is 1.84. The topological polar surface area (TPSA) is 70.6 Å². The number of nitrogens with two attached hydrogens (primary N) is 1. The van der Waals surface area contributed by atoms with Gasteiger partial charge in [0.2, 0.25) is 0 Å². The van der Waals surface area contributed by atoms with Gasteiger partial charge in [-0.2, -0.15) is 0 Å². The van der Waals surface area contributed by atoms with Crippen LogP contribution in [0.2, 0.25) is 0 Å². The molecule has 0 bridgehead atoms. The summed E-state index contributed by atoms with van der Waals surface area (Å²) >= 11 is 0. The molecule has 0 fully saturated rings. The lowest BCUT2D eigenvalue weighted by Gasteiger charge is -2.08. The molecule has 0 saturated carbocycles. The van der Waals surface area contributed by atoms with Gasteiger partial charge in [0.1, 0.15) is 5.84 Å². The zero-order valence-corrected chi connectivity index (χ0v) is 11.2. The summed E-state index contributed by atoms with van der Waals surface area (Å²) in [5.41, 5.74) is 7.85. The number of hydrogen-bond acceptors (Lipinski definition) is 4. The average molecular weight is 262 g/mol. The molecule has 0 aliphatic carbocycles. The molecule has 17 heavy (non-hydrogen) atoms. The lowest BCUT2D eigenvalue weighted by molar-refractivity contribution is 0.231. The van der Waals surface area contributed by atoms with Gasteiger partial charge >= 0.3 is 0 Å². The molecule has 5 heteroatoms. The minimum Gasteiger partial charge on any atom is -0.328 e. The zero-order valence-electron chi connectivity index (χ0n) is 10.4. The van der Waals surface area contributed by atoms with Crippen LogP contribution in [0.4, 0.5) is 0 Å². The minimum absolute atomic E-state index is 0. The molecule has 1 rings (SSSR count). The predicted octanol–water partition coefficient (Wildman–Crippen LogP) is 2.41. The first-order chi connectivity index (χ1) is 7.72. The Kier molecular flexibility index (Phi) is 9.13. The molecule has 1 heterocycles. The number of nitrogens with zero attached hydrogens (tertiary/aromatic N) is 1. The Morgan fingerprint density at radius 2 is 2.29 bits per heavy atom. The van der Waals surface area contributed by atoms with Gasteiger partial charge in [-0.25, -0.2) is 0 Å². The van der Waals surface area contributed by atoms with Crippen molar-refractivity contribution >= 4 is 18.2 Å². The van der Waals surface area contributed by atoms with Crippen LogP contribution in [0.15, 0.2) is 17.1 Å². The van der Waals surface area contributed by atoms with Crippen molar-refractivity contribution in [3.8, 4) is 0 Å². The van der Waals surface area contributed by atoms with Crippen LogP contribution >= 0.6 is 12.4 Å². The first-order valence-corrected chi connectivity index (χ1v) is 6.09. The zero-order chi connectivity index (χ0) is 11.8. The van der Waals surface area contributed by atoms with E-state index in [-0.39, 0.29) is 18.4 Å². The monoisotopic (exact) mass is 261 g/mol. The Hall–Kier alpha value is -0.580. The van der Waals surface area contributed by atoms with Gasteiger partial charge < -0.3 is 5.73 Å². The van der Waals surface area contributed by atoms with Gasteiger partial charge in [-0.3, -0.25) is 15.7 Å². The molecule has 0 saturated heterocycles. The summed E-state index contributed by atoms with van der Waals surface area (Å²) < 4.78 is 0. The lowest BCUT2D eigenvalue weighted by Crippen LogP contribution is -2.20. The third kappa shape index (κ3) is 7.36. The molecule has 0 aromatic heterocycles. The highest BCUT2D eigenvalue weighted by atomic mass is 35.5. The smallest absolute Gasteiger partial charge is 0.120 e. The standard InChI is InChI=1S/C12H23N3O.ClH/c1-10(13)6-2-3-7-11-8-4-5-9-12(14-11)15-16;/h2-3,10-11,16H,4-9,13H2,1H3,(H,14,15);1H/b3-2-;. The quantitative estimate of drug-likeness (QED) is 0.538. The van der Waals surface area contributed by atoms with E-state index in [9.17, 15) is 0 Å². The number of rotatable bonds is 4. The van der Waals surface area contributed by atoms with E-state index >= 15 is 0 Å². The second-order valence-corrected chi connectivity index (χ2v) is 4.51. The van der Waals surface area contributed by atoms with Crippen LogP contribution in [-0.4, -0.2) is 23.1 Å². The summed E-state index contributed by atoms with van der Waals surface area (Å²) in [7, 11) is 0. The summed E-state index contributed by atoms with van der Waals surface area (Å²) in [5, 5.41) is 8.86. The Balaban J connectivity index is 0.00000256. The molecule has 0 aromatic rings.